The second-order valence-corrected chi connectivity index (χ2v) is 2.30. The average Bonchev–Trinajstić information content (AvgIpc) is 2.03. The van der Waals surface area contributed by atoms with E-state index in [1.807, 2.05) is 10.6 Å². The number of aliphatic carboxylic acids is 2. The van der Waals surface area contributed by atoms with Gasteiger partial charge in [0, 0.05) is 0 Å². The summed E-state index contributed by atoms with van der Waals surface area (Å²) in [6.07, 6.45) is 0.909. The first-order valence-corrected chi connectivity index (χ1v) is 3.26. The summed E-state index contributed by atoms with van der Waals surface area (Å²) in [6, 6.07) is -2.13. The van der Waals surface area contributed by atoms with Crippen LogP contribution in [0.15, 0.2) is 11.8 Å². The Morgan fingerprint density at radius 2 is 2.00 bits per heavy atom. The molecule has 70 valence electrons. The lowest BCUT2D eigenvalue weighted by Crippen LogP contribution is -2.50. The van der Waals surface area contributed by atoms with Gasteiger partial charge in [-0.25, -0.2) is 14.4 Å². The lowest BCUT2D eigenvalue weighted by atomic mass is 10.2. The van der Waals surface area contributed by atoms with E-state index in [-0.39, 0.29) is 0 Å². The van der Waals surface area contributed by atoms with Gasteiger partial charge in [0.2, 0.25) is 0 Å². The Morgan fingerprint density at radius 1 is 1.38 bits per heavy atom. The topological polar surface area (TPSA) is 116 Å². The zero-order valence-corrected chi connectivity index (χ0v) is 6.27. The molecular weight excluding hydrogens is 180 g/mol. The third kappa shape index (κ3) is 1.95. The molecule has 4 N–H and O–H groups in total. The van der Waals surface area contributed by atoms with Crippen LogP contribution in [0.5, 0.6) is 0 Å². The third-order valence-electron chi connectivity index (χ3n) is 1.36. The molecule has 1 aliphatic heterocycles. The van der Waals surface area contributed by atoms with E-state index >= 15 is 0 Å². The van der Waals surface area contributed by atoms with Gasteiger partial charge in [-0.05, 0) is 6.08 Å². The molecule has 0 aromatic rings. The van der Waals surface area contributed by atoms with Gasteiger partial charge in [-0.1, -0.05) is 0 Å². The van der Waals surface area contributed by atoms with Crippen LogP contribution in [-0.2, 0) is 9.59 Å². The van der Waals surface area contributed by atoms with Crippen LogP contribution >= 0.6 is 0 Å². The molecule has 1 aliphatic rings. The summed E-state index contributed by atoms with van der Waals surface area (Å²) in [4.78, 5) is 31.5. The number of carboxylic acids is 2. The van der Waals surface area contributed by atoms with Crippen molar-refractivity contribution in [1.29, 1.82) is 0 Å². The summed E-state index contributed by atoms with van der Waals surface area (Å²) in [7, 11) is 0. The van der Waals surface area contributed by atoms with Crippen molar-refractivity contribution in [3.05, 3.63) is 11.8 Å². The maximum Gasteiger partial charge on any atom is 0.352 e. The molecule has 1 atom stereocenters. The molecule has 0 fully saturated rings. The maximum atomic E-state index is 10.7. The van der Waals surface area contributed by atoms with E-state index in [2.05, 4.69) is 0 Å². The fourth-order valence-corrected chi connectivity index (χ4v) is 0.807. The number of carboxylic acid groups (broad SMARTS) is 2. The molecule has 7 heteroatoms. The van der Waals surface area contributed by atoms with E-state index in [0.29, 0.717) is 0 Å². The lowest BCUT2D eigenvalue weighted by molar-refractivity contribution is -0.138. The van der Waals surface area contributed by atoms with Gasteiger partial charge < -0.3 is 20.8 Å². The zero-order valence-electron chi connectivity index (χ0n) is 6.27. The molecule has 0 saturated carbocycles. The van der Waals surface area contributed by atoms with Crippen LogP contribution in [-0.4, -0.2) is 34.2 Å². The highest BCUT2D eigenvalue weighted by molar-refractivity contribution is 5.97. The van der Waals surface area contributed by atoms with Crippen molar-refractivity contribution in [2.75, 3.05) is 0 Å². The average molecular weight is 186 g/mol. The van der Waals surface area contributed by atoms with Gasteiger partial charge in [-0.2, -0.15) is 0 Å². The molecule has 13 heavy (non-hydrogen) atoms. The first kappa shape index (κ1) is 9.04. The number of urea groups is 1. The Bertz CT molecular complexity index is 308. The van der Waals surface area contributed by atoms with Crippen molar-refractivity contribution in [3.8, 4) is 0 Å². The van der Waals surface area contributed by atoms with Crippen LogP contribution in [0.3, 0.4) is 0 Å². The van der Waals surface area contributed by atoms with E-state index in [4.69, 9.17) is 10.2 Å². The summed E-state index contributed by atoms with van der Waals surface area (Å²) >= 11 is 0. The van der Waals surface area contributed by atoms with Crippen LogP contribution in [0.1, 0.15) is 0 Å². The summed E-state index contributed by atoms with van der Waals surface area (Å²) in [6.45, 7) is 0. The Balaban J connectivity index is 2.91. The van der Waals surface area contributed by atoms with Gasteiger partial charge in [0.25, 0.3) is 0 Å². The smallest absolute Gasteiger partial charge is 0.352 e. The van der Waals surface area contributed by atoms with Gasteiger partial charge >= 0.3 is 18.0 Å². The minimum Gasteiger partial charge on any atom is -0.479 e. The number of carbonyl (C=O) groups is 3. The Hall–Kier alpha value is -2.05. The highest BCUT2D eigenvalue weighted by Gasteiger charge is 2.26. The van der Waals surface area contributed by atoms with Crippen molar-refractivity contribution < 1.29 is 24.6 Å². The van der Waals surface area contributed by atoms with Crippen molar-refractivity contribution in [2.24, 2.45) is 0 Å². The number of hydrogen-bond donors (Lipinski definition) is 4. The molecule has 0 aliphatic carbocycles. The highest BCUT2D eigenvalue weighted by atomic mass is 16.4. The van der Waals surface area contributed by atoms with E-state index in [9.17, 15) is 14.4 Å². The summed E-state index contributed by atoms with van der Waals surface area (Å²) in [5.74, 6) is -2.69. The van der Waals surface area contributed by atoms with Gasteiger partial charge in [0.15, 0.2) is 0 Å². The molecule has 0 aromatic carbocycles. The molecule has 0 saturated heterocycles. The Labute approximate surface area is 72.0 Å². The molecule has 0 spiro atoms. The number of nitrogens with one attached hydrogen (secondary N) is 2. The summed E-state index contributed by atoms with van der Waals surface area (Å²) in [5.41, 5.74) is -0.434. The van der Waals surface area contributed by atoms with Crippen molar-refractivity contribution in [2.45, 2.75) is 6.04 Å². The van der Waals surface area contributed by atoms with E-state index in [0.717, 1.165) is 6.08 Å². The summed E-state index contributed by atoms with van der Waals surface area (Å²) < 4.78 is 0. The normalized spacial score (nSPS) is 21.1. The molecule has 7 nitrogen and oxygen atoms in total. The lowest BCUT2D eigenvalue weighted by Gasteiger charge is -2.18. The van der Waals surface area contributed by atoms with Crippen LogP contribution < -0.4 is 10.6 Å². The van der Waals surface area contributed by atoms with E-state index in [1.54, 1.807) is 0 Å². The zero-order chi connectivity index (χ0) is 10.0. The first-order chi connectivity index (χ1) is 6.00. The third-order valence-corrected chi connectivity index (χ3v) is 1.36. The quantitative estimate of drug-likeness (QED) is 0.428. The van der Waals surface area contributed by atoms with Crippen LogP contribution in [0.25, 0.3) is 0 Å². The second kappa shape index (κ2) is 3.13. The minimum absolute atomic E-state index is 0.434. The maximum absolute atomic E-state index is 10.7. The first-order valence-electron chi connectivity index (χ1n) is 3.26. The van der Waals surface area contributed by atoms with Crippen molar-refractivity contribution >= 4 is 18.0 Å². The number of hydrogen-bond acceptors (Lipinski definition) is 3. The molecule has 0 bridgehead atoms. The molecular formula is C6H6N2O5. The molecule has 1 rings (SSSR count). The monoisotopic (exact) mass is 186 g/mol. The van der Waals surface area contributed by atoms with Crippen LogP contribution in [0.4, 0.5) is 4.79 Å². The Morgan fingerprint density at radius 3 is 2.46 bits per heavy atom. The Kier molecular flexibility index (Phi) is 2.18. The predicted molar refractivity (Wildman–Crippen MR) is 38.8 cm³/mol. The SMILES string of the molecule is O=C1NC(C(=O)O)=CC(C(=O)O)N1. The second-order valence-electron chi connectivity index (χ2n) is 2.30. The molecule has 1 unspecified atom stereocenters. The number of amides is 2. The van der Waals surface area contributed by atoms with Crippen molar-refractivity contribution in [3.63, 3.8) is 0 Å². The van der Waals surface area contributed by atoms with Crippen molar-refractivity contribution in [1.82, 2.24) is 10.6 Å². The predicted octanol–water partition coefficient (Wildman–Crippen LogP) is -1.28. The van der Waals surface area contributed by atoms with Crippen LogP contribution in [0, 0.1) is 0 Å². The highest BCUT2D eigenvalue weighted by Crippen LogP contribution is 2.00. The number of carbonyl (C=O) groups excluding carboxylic acids is 1. The van der Waals surface area contributed by atoms with E-state index < -0.39 is 29.7 Å². The fraction of sp³-hybridized carbons (Fsp3) is 0.167. The summed E-state index contributed by atoms with van der Waals surface area (Å²) in [5, 5.41) is 20.9. The van der Waals surface area contributed by atoms with Crippen LogP contribution in [0.2, 0.25) is 0 Å². The standard InChI is InChI=1S/C6H6N2O5/c9-4(10)2-1-3(5(11)12)8-6(13)7-2/h1-2H,(H,9,10)(H,11,12)(H2,7,8,13). The van der Waals surface area contributed by atoms with E-state index in [1.165, 1.54) is 0 Å². The molecule has 2 amide bonds. The fourth-order valence-electron chi connectivity index (χ4n) is 0.807. The van der Waals surface area contributed by atoms with Gasteiger partial charge in [-0.15, -0.1) is 0 Å². The largest absolute Gasteiger partial charge is 0.479 e. The molecule has 0 radical (unpaired) electrons. The number of rotatable bonds is 2. The van der Waals surface area contributed by atoms with Gasteiger partial charge in [0.05, 0.1) is 0 Å². The van der Waals surface area contributed by atoms with Gasteiger partial charge in [-0.3, -0.25) is 0 Å². The molecule has 0 aromatic heterocycles. The van der Waals surface area contributed by atoms with Gasteiger partial charge in [0.1, 0.15) is 11.7 Å². The minimum atomic E-state index is -1.37. The molecule has 1 heterocycles.